The number of carbonyl (C=O) groups is 1. The Kier molecular flexibility index (Phi) is 3.21. The number of nitrogens with zero attached hydrogens (tertiary/aromatic N) is 1. The van der Waals surface area contributed by atoms with Gasteiger partial charge >= 0.3 is 0 Å². The van der Waals surface area contributed by atoms with Crippen LogP contribution in [0.2, 0.25) is 0 Å². The highest BCUT2D eigenvalue weighted by Gasteiger charge is 2.35. The standard InChI is InChI=1S/C17H19N3O/c1-11-5-6-14-13(12(11)2)9-15(19-14)16(21)20-17(10-18)7-3-4-8-17/h5-6,9,19H,3-4,7-8H2,1-2H3,(H,20,21). The molecule has 21 heavy (non-hydrogen) atoms. The predicted octanol–water partition coefficient (Wildman–Crippen LogP) is 3.35. The zero-order valence-electron chi connectivity index (χ0n) is 12.4. The first-order valence-corrected chi connectivity index (χ1v) is 7.37. The van der Waals surface area contributed by atoms with E-state index in [-0.39, 0.29) is 5.91 Å². The number of aryl methyl sites for hydroxylation is 2. The van der Waals surface area contributed by atoms with E-state index >= 15 is 0 Å². The quantitative estimate of drug-likeness (QED) is 0.886. The van der Waals surface area contributed by atoms with Gasteiger partial charge in [-0.1, -0.05) is 6.07 Å². The number of benzene rings is 1. The molecule has 1 heterocycles. The number of aromatic amines is 1. The number of rotatable bonds is 2. The van der Waals surface area contributed by atoms with Crippen LogP contribution in [0.5, 0.6) is 0 Å². The fourth-order valence-electron chi connectivity index (χ4n) is 3.11. The van der Waals surface area contributed by atoms with Crippen molar-refractivity contribution in [3.8, 4) is 6.07 Å². The molecule has 2 aromatic rings. The van der Waals surface area contributed by atoms with Crippen molar-refractivity contribution in [1.29, 1.82) is 5.26 Å². The average molecular weight is 281 g/mol. The Morgan fingerprint density at radius 2 is 2.05 bits per heavy atom. The number of aromatic nitrogens is 1. The second kappa shape index (κ2) is 4.92. The number of hydrogen-bond donors (Lipinski definition) is 2. The third-order valence-corrected chi connectivity index (χ3v) is 4.61. The fraction of sp³-hybridized carbons (Fsp3) is 0.412. The molecule has 0 aliphatic heterocycles. The van der Waals surface area contributed by atoms with Crippen molar-refractivity contribution in [2.75, 3.05) is 0 Å². The summed E-state index contributed by atoms with van der Waals surface area (Å²) in [6.45, 7) is 4.12. The van der Waals surface area contributed by atoms with Crippen LogP contribution in [0.3, 0.4) is 0 Å². The highest BCUT2D eigenvalue weighted by Crippen LogP contribution is 2.29. The zero-order chi connectivity index (χ0) is 15.0. The SMILES string of the molecule is Cc1ccc2[nH]c(C(=O)NC3(C#N)CCCC3)cc2c1C. The first-order valence-electron chi connectivity index (χ1n) is 7.37. The molecule has 1 amide bonds. The lowest BCUT2D eigenvalue weighted by Crippen LogP contribution is -2.45. The van der Waals surface area contributed by atoms with Crippen LogP contribution in [0, 0.1) is 25.2 Å². The Bertz CT molecular complexity index is 745. The van der Waals surface area contributed by atoms with Gasteiger partial charge in [-0.05, 0) is 62.8 Å². The van der Waals surface area contributed by atoms with Gasteiger partial charge in [0.25, 0.3) is 5.91 Å². The molecule has 0 radical (unpaired) electrons. The Morgan fingerprint density at radius 1 is 1.33 bits per heavy atom. The van der Waals surface area contributed by atoms with E-state index in [1.165, 1.54) is 11.1 Å². The van der Waals surface area contributed by atoms with Crippen molar-refractivity contribution in [3.05, 3.63) is 35.0 Å². The molecule has 1 aromatic carbocycles. The summed E-state index contributed by atoms with van der Waals surface area (Å²) in [5.41, 5.74) is 3.19. The van der Waals surface area contributed by atoms with E-state index in [1.807, 2.05) is 18.2 Å². The molecule has 3 rings (SSSR count). The first kappa shape index (κ1) is 13.7. The number of amides is 1. The van der Waals surface area contributed by atoms with Crippen molar-refractivity contribution < 1.29 is 4.79 Å². The van der Waals surface area contributed by atoms with Crippen molar-refractivity contribution in [3.63, 3.8) is 0 Å². The van der Waals surface area contributed by atoms with Gasteiger partial charge in [0.05, 0.1) is 6.07 Å². The third-order valence-electron chi connectivity index (χ3n) is 4.61. The Morgan fingerprint density at radius 3 is 2.71 bits per heavy atom. The van der Waals surface area contributed by atoms with Gasteiger partial charge in [-0.2, -0.15) is 5.26 Å². The van der Waals surface area contributed by atoms with Gasteiger partial charge in [0.2, 0.25) is 0 Å². The lowest BCUT2D eigenvalue weighted by atomic mass is 9.99. The molecule has 1 aromatic heterocycles. The van der Waals surface area contributed by atoms with E-state index in [0.717, 1.165) is 36.6 Å². The Hall–Kier alpha value is -2.28. The number of nitriles is 1. The molecule has 1 aliphatic carbocycles. The molecule has 0 atom stereocenters. The number of fused-ring (bicyclic) bond motifs is 1. The number of hydrogen-bond acceptors (Lipinski definition) is 2. The molecule has 2 N–H and O–H groups in total. The van der Waals surface area contributed by atoms with Gasteiger partial charge in [-0.3, -0.25) is 4.79 Å². The Labute approximate surface area is 124 Å². The smallest absolute Gasteiger partial charge is 0.268 e. The Balaban J connectivity index is 1.92. The van der Waals surface area contributed by atoms with Crippen LogP contribution < -0.4 is 5.32 Å². The highest BCUT2D eigenvalue weighted by molar-refractivity contribution is 5.99. The summed E-state index contributed by atoms with van der Waals surface area (Å²) in [5, 5.41) is 13.3. The number of nitrogens with one attached hydrogen (secondary N) is 2. The van der Waals surface area contributed by atoms with E-state index in [0.29, 0.717) is 5.69 Å². The first-order chi connectivity index (χ1) is 10.0. The van der Waals surface area contributed by atoms with Gasteiger partial charge in [0, 0.05) is 10.9 Å². The molecule has 0 unspecified atom stereocenters. The summed E-state index contributed by atoms with van der Waals surface area (Å²) < 4.78 is 0. The predicted molar refractivity (Wildman–Crippen MR) is 82.1 cm³/mol. The van der Waals surface area contributed by atoms with E-state index < -0.39 is 5.54 Å². The summed E-state index contributed by atoms with van der Waals surface area (Å²) in [6.07, 6.45) is 3.49. The molecule has 0 saturated heterocycles. The van der Waals surface area contributed by atoms with Crippen LogP contribution >= 0.6 is 0 Å². The minimum Gasteiger partial charge on any atom is -0.351 e. The molecular formula is C17H19N3O. The maximum atomic E-state index is 12.4. The summed E-state index contributed by atoms with van der Waals surface area (Å²) in [7, 11) is 0. The van der Waals surface area contributed by atoms with Crippen LogP contribution in [-0.4, -0.2) is 16.4 Å². The molecular weight excluding hydrogens is 262 g/mol. The summed E-state index contributed by atoms with van der Waals surface area (Å²) >= 11 is 0. The van der Waals surface area contributed by atoms with E-state index in [9.17, 15) is 10.1 Å². The van der Waals surface area contributed by atoms with Gasteiger partial charge in [0.15, 0.2) is 0 Å². The lowest BCUT2D eigenvalue weighted by Gasteiger charge is -2.21. The maximum Gasteiger partial charge on any atom is 0.268 e. The van der Waals surface area contributed by atoms with Crippen molar-refractivity contribution in [2.45, 2.75) is 45.1 Å². The van der Waals surface area contributed by atoms with Crippen molar-refractivity contribution >= 4 is 16.8 Å². The monoisotopic (exact) mass is 281 g/mol. The molecule has 1 fully saturated rings. The third kappa shape index (κ3) is 2.29. The maximum absolute atomic E-state index is 12.4. The molecule has 108 valence electrons. The van der Waals surface area contributed by atoms with Crippen LogP contribution in [0.4, 0.5) is 0 Å². The normalized spacial score (nSPS) is 16.8. The molecule has 0 bridgehead atoms. The van der Waals surface area contributed by atoms with Crippen molar-refractivity contribution in [2.24, 2.45) is 0 Å². The van der Waals surface area contributed by atoms with Gasteiger partial charge < -0.3 is 10.3 Å². The topological polar surface area (TPSA) is 68.7 Å². The minimum absolute atomic E-state index is 0.188. The number of carbonyl (C=O) groups excluding carboxylic acids is 1. The molecule has 0 spiro atoms. The van der Waals surface area contributed by atoms with Crippen LogP contribution in [0.1, 0.15) is 47.3 Å². The second-order valence-corrected chi connectivity index (χ2v) is 6.01. The van der Waals surface area contributed by atoms with E-state index in [4.69, 9.17) is 0 Å². The van der Waals surface area contributed by atoms with E-state index in [1.54, 1.807) is 0 Å². The van der Waals surface area contributed by atoms with Crippen LogP contribution in [0.25, 0.3) is 10.9 Å². The van der Waals surface area contributed by atoms with Gasteiger partial charge in [0.1, 0.15) is 11.2 Å². The van der Waals surface area contributed by atoms with Gasteiger partial charge in [-0.15, -0.1) is 0 Å². The summed E-state index contributed by atoms with van der Waals surface area (Å²) in [4.78, 5) is 15.6. The van der Waals surface area contributed by atoms with Crippen molar-refractivity contribution in [1.82, 2.24) is 10.3 Å². The average Bonchev–Trinajstić information content (AvgIpc) is 3.10. The minimum atomic E-state index is -0.681. The largest absolute Gasteiger partial charge is 0.351 e. The number of H-pyrrole nitrogens is 1. The molecule has 4 heteroatoms. The molecule has 1 saturated carbocycles. The van der Waals surface area contributed by atoms with E-state index in [2.05, 4.69) is 30.2 Å². The summed E-state index contributed by atoms with van der Waals surface area (Å²) in [5.74, 6) is -0.188. The van der Waals surface area contributed by atoms with Crippen LogP contribution in [-0.2, 0) is 0 Å². The summed E-state index contributed by atoms with van der Waals surface area (Å²) in [6, 6.07) is 8.20. The highest BCUT2D eigenvalue weighted by atomic mass is 16.2. The zero-order valence-corrected chi connectivity index (χ0v) is 12.4. The second-order valence-electron chi connectivity index (χ2n) is 6.01. The van der Waals surface area contributed by atoms with Gasteiger partial charge in [-0.25, -0.2) is 0 Å². The molecule has 1 aliphatic rings. The fourth-order valence-corrected chi connectivity index (χ4v) is 3.11. The lowest BCUT2D eigenvalue weighted by molar-refractivity contribution is 0.0916. The molecule has 4 nitrogen and oxygen atoms in total. The van der Waals surface area contributed by atoms with Crippen LogP contribution in [0.15, 0.2) is 18.2 Å².